The molecule has 0 spiro atoms. The van der Waals surface area contributed by atoms with Crippen LogP contribution >= 0.6 is 7.82 Å². The van der Waals surface area contributed by atoms with Gasteiger partial charge in [0.05, 0.1) is 25.4 Å². The van der Waals surface area contributed by atoms with Crippen LogP contribution in [0.1, 0.15) is 123 Å². The maximum Gasteiger partial charge on any atom is 0.472 e. The Balaban J connectivity index is 4.37. The molecular weight excluding hydrogens is 599 g/mol. The number of carbonyl (C=O) groups excluding carboxylic acids is 1. The highest BCUT2D eigenvalue weighted by molar-refractivity contribution is 7.47. The second kappa shape index (κ2) is 32.9. The van der Waals surface area contributed by atoms with Crippen LogP contribution in [0.25, 0.3) is 0 Å². The Kier molecular flexibility index (Phi) is 31.4. The number of allylic oxidation sites excluding steroid dienone is 11. The first-order valence-corrected chi connectivity index (χ1v) is 19.1. The summed E-state index contributed by atoms with van der Waals surface area (Å²) >= 11 is 0. The molecule has 0 radical (unpaired) electrons. The van der Waals surface area contributed by atoms with Gasteiger partial charge in [-0.3, -0.25) is 13.8 Å². The van der Waals surface area contributed by atoms with Crippen molar-refractivity contribution in [1.82, 2.24) is 5.32 Å². The number of rotatable bonds is 31. The minimum absolute atomic E-state index is 0.0660. The summed E-state index contributed by atoms with van der Waals surface area (Å²) in [6.45, 7) is 3.82. The number of hydrogen-bond donors (Lipinski definition) is 4. The van der Waals surface area contributed by atoms with Crippen molar-refractivity contribution in [2.75, 3.05) is 19.8 Å². The Labute approximate surface area is 280 Å². The van der Waals surface area contributed by atoms with E-state index < -0.39 is 20.0 Å². The number of phosphoric ester groups is 1. The molecule has 0 rings (SSSR count). The Morgan fingerprint density at radius 1 is 0.717 bits per heavy atom. The predicted molar refractivity (Wildman–Crippen MR) is 193 cm³/mol. The largest absolute Gasteiger partial charge is 0.472 e. The number of nitrogens with one attached hydrogen (secondary N) is 1. The van der Waals surface area contributed by atoms with Crippen LogP contribution in [0.15, 0.2) is 72.9 Å². The van der Waals surface area contributed by atoms with E-state index in [4.69, 9.17) is 14.8 Å². The van der Waals surface area contributed by atoms with Crippen molar-refractivity contribution in [3.8, 4) is 0 Å². The molecule has 0 aromatic heterocycles. The normalized spacial score (nSPS) is 15.3. The number of aliphatic hydroxyl groups excluding tert-OH is 1. The molecular formula is C37H65N2O6P. The van der Waals surface area contributed by atoms with Crippen LogP contribution in [0.2, 0.25) is 0 Å². The molecule has 0 aliphatic heterocycles. The van der Waals surface area contributed by atoms with E-state index in [1.54, 1.807) is 6.08 Å². The van der Waals surface area contributed by atoms with Crippen LogP contribution in [-0.2, 0) is 18.4 Å². The van der Waals surface area contributed by atoms with Gasteiger partial charge in [0.15, 0.2) is 0 Å². The van der Waals surface area contributed by atoms with Gasteiger partial charge in [-0.1, -0.05) is 119 Å². The lowest BCUT2D eigenvalue weighted by Gasteiger charge is -2.23. The molecule has 1 amide bonds. The molecule has 0 fully saturated rings. The first kappa shape index (κ1) is 43.9. The summed E-state index contributed by atoms with van der Waals surface area (Å²) in [5.74, 6) is -0.226. The minimum atomic E-state index is -4.35. The van der Waals surface area contributed by atoms with Gasteiger partial charge in [0.2, 0.25) is 5.91 Å². The highest BCUT2D eigenvalue weighted by atomic mass is 31.2. The number of hydrogen-bond acceptors (Lipinski definition) is 6. The summed E-state index contributed by atoms with van der Waals surface area (Å²) in [4.78, 5) is 22.5. The van der Waals surface area contributed by atoms with Crippen LogP contribution in [0, 0.1) is 0 Å². The molecule has 0 bridgehead atoms. The molecule has 3 atom stereocenters. The average Bonchev–Trinajstić information content (AvgIpc) is 3.04. The lowest BCUT2D eigenvalue weighted by atomic mass is 10.1. The van der Waals surface area contributed by atoms with Gasteiger partial charge in [-0.15, -0.1) is 0 Å². The molecule has 5 N–H and O–H groups in total. The van der Waals surface area contributed by atoms with Crippen LogP contribution < -0.4 is 11.1 Å². The van der Waals surface area contributed by atoms with E-state index >= 15 is 0 Å². The van der Waals surface area contributed by atoms with Crippen LogP contribution in [0.5, 0.6) is 0 Å². The molecule has 8 nitrogen and oxygen atoms in total. The van der Waals surface area contributed by atoms with Crippen molar-refractivity contribution in [2.24, 2.45) is 5.73 Å². The number of carbonyl (C=O) groups is 1. The van der Waals surface area contributed by atoms with Gasteiger partial charge in [-0.2, -0.15) is 0 Å². The highest BCUT2D eigenvalue weighted by Crippen LogP contribution is 2.43. The third kappa shape index (κ3) is 30.6. The maximum absolute atomic E-state index is 12.6. The van der Waals surface area contributed by atoms with Gasteiger partial charge in [0.1, 0.15) is 0 Å². The van der Waals surface area contributed by atoms with E-state index in [1.807, 2.05) is 6.08 Å². The highest BCUT2D eigenvalue weighted by Gasteiger charge is 2.26. The standard InChI is InChI=1S/C37H65N2O6P/c1-3-5-7-9-11-13-15-16-17-18-19-20-21-23-25-27-29-31-37(41)39-35(34-45-46(42,43)44-33-32-38)36(40)30-28-26-24-22-14-12-10-8-6-4-2/h5-8,11,13-14,16-17,22,28,30,35-36,40H,3-4,9-10,12,15,18-21,23-27,29,31-34,38H2,1-2H3,(H,39,41)(H,42,43)/b7-5-,8-6+,13-11-,17-16-,22-14+,30-28+. The van der Waals surface area contributed by atoms with E-state index in [0.29, 0.717) is 6.42 Å². The Morgan fingerprint density at radius 3 is 1.85 bits per heavy atom. The molecule has 0 aliphatic rings. The Bertz CT molecular complexity index is 944. The van der Waals surface area contributed by atoms with E-state index in [1.165, 1.54) is 19.3 Å². The Morgan fingerprint density at radius 2 is 1.22 bits per heavy atom. The number of nitrogens with two attached hydrogens (primary N) is 1. The number of amides is 1. The second-order valence-electron chi connectivity index (χ2n) is 11.3. The quantitative estimate of drug-likeness (QED) is 0.0331. The van der Waals surface area contributed by atoms with Crippen molar-refractivity contribution in [1.29, 1.82) is 0 Å². The lowest BCUT2D eigenvalue weighted by molar-refractivity contribution is -0.123. The fourth-order valence-electron chi connectivity index (χ4n) is 4.42. The minimum Gasteiger partial charge on any atom is -0.387 e. The third-order valence-electron chi connectivity index (χ3n) is 7.01. The van der Waals surface area contributed by atoms with Gasteiger partial charge < -0.3 is 21.1 Å². The summed E-state index contributed by atoms with van der Waals surface area (Å²) < 4.78 is 21.9. The molecule has 264 valence electrons. The summed E-state index contributed by atoms with van der Waals surface area (Å²) in [5, 5.41) is 13.5. The summed E-state index contributed by atoms with van der Waals surface area (Å²) in [6.07, 6.45) is 41.0. The number of phosphoric acid groups is 1. The van der Waals surface area contributed by atoms with Gasteiger partial charge in [0, 0.05) is 13.0 Å². The zero-order valence-electron chi connectivity index (χ0n) is 28.8. The van der Waals surface area contributed by atoms with Crippen LogP contribution in [-0.4, -0.2) is 47.8 Å². The van der Waals surface area contributed by atoms with Crippen molar-refractivity contribution >= 4 is 13.7 Å². The zero-order valence-corrected chi connectivity index (χ0v) is 29.7. The fraction of sp³-hybridized carbons (Fsp3) is 0.649. The van der Waals surface area contributed by atoms with Gasteiger partial charge in [0.25, 0.3) is 0 Å². The molecule has 3 unspecified atom stereocenters. The Hall–Kier alpha value is -2.06. The summed E-state index contributed by atoms with van der Waals surface area (Å²) in [5.41, 5.74) is 5.34. The lowest BCUT2D eigenvalue weighted by Crippen LogP contribution is -2.45. The molecule has 0 saturated heterocycles. The fourth-order valence-corrected chi connectivity index (χ4v) is 5.18. The van der Waals surface area contributed by atoms with E-state index in [2.05, 4.69) is 79.9 Å². The monoisotopic (exact) mass is 664 g/mol. The predicted octanol–water partition coefficient (Wildman–Crippen LogP) is 8.93. The summed E-state index contributed by atoms with van der Waals surface area (Å²) in [6, 6.07) is -0.889. The molecule has 0 aromatic rings. The van der Waals surface area contributed by atoms with Crippen molar-refractivity contribution < 1.29 is 28.4 Å². The zero-order chi connectivity index (χ0) is 34.0. The topological polar surface area (TPSA) is 131 Å². The SMILES string of the molecule is CC/C=C\C/C=C\C/C=C\CCCCCCCCCC(=O)NC(COP(=O)(O)OCCN)C(O)/C=C/CC/C=C/CC/C=C/CC. The molecule has 9 heteroatoms. The van der Waals surface area contributed by atoms with Crippen LogP contribution in [0.3, 0.4) is 0 Å². The number of unbranched alkanes of at least 4 members (excludes halogenated alkanes) is 9. The maximum atomic E-state index is 12.6. The smallest absolute Gasteiger partial charge is 0.387 e. The van der Waals surface area contributed by atoms with Crippen molar-refractivity contribution in [3.05, 3.63) is 72.9 Å². The van der Waals surface area contributed by atoms with Crippen LogP contribution in [0.4, 0.5) is 0 Å². The summed E-state index contributed by atoms with van der Waals surface area (Å²) in [7, 11) is -4.35. The first-order valence-electron chi connectivity index (χ1n) is 17.6. The molecule has 0 aromatic carbocycles. The van der Waals surface area contributed by atoms with Crippen molar-refractivity contribution in [2.45, 2.75) is 135 Å². The average molecular weight is 665 g/mol. The van der Waals surface area contributed by atoms with E-state index in [-0.39, 0.29) is 25.7 Å². The first-order chi connectivity index (χ1) is 22.4. The third-order valence-corrected chi connectivity index (χ3v) is 7.99. The molecule has 0 saturated carbocycles. The number of aliphatic hydroxyl groups is 1. The van der Waals surface area contributed by atoms with Gasteiger partial charge >= 0.3 is 7.82 Å². The van der Waals surface area contributed by atoms with Crippen molar-refractivity contribution in [3.63, 3.8) is 0 Å². The second-order valence-corrected chi connectivity index (χ2v) is 12.7. The van der Waals surface area contributed by atoms with Gasteiger partial charge in [-0.05, 0) is 70.6 Å². The molecule has 46 heavy (non-hydrogen) atoms. The van der Waals surface area contributed by atoms with E-state index in [0.717, 1.165) is 83.5 Å². The molecule has 0 heterocycles. The van der Waals surface area contributed by atoms with E-state index in [9.17, 15) is 19.4 Å². The van der Waals surface area contributed by atoms with Gasteiger partial charge in [-0.25, -0.2) is 4.57 Å². The molecule has 0 aliphatic carbocycles.